The largest absolute Gasteiger partial charge is 0.497 e. The smallest absolute Gasteiger partial charge is 0.263 e. The lowest BCUT2D eigenvalue weighted by Crippen LogP contribution is -2.27. The predicted octanol–water partition coefficient (Wildman–Crippen LogP) is 3.11. The summed E-state index contributed by atoms with van der Waals surface area (Å²) >= 11 is 0. The van der Waals surface area contributed by atoms with Crippen LogP contribution in [0.25, 0.3) is 10.9 Å². The number of ether oxygens (including phenoxy) is 1. The summed E-state index contributed by atoms with van der Waals surface area (Å²) in [6, 6.07) is 14.4. The van der Waals surface area contributed by atoms with Crippen LogP contribution < -0.4 is 15.6 Å². The fourth-order valence-electron chi connectivity index (χ4n) is 2.61. The number of fused-ring (bicyclic) bond motifs is 1. The third-order valence-electron chi connectivity index (χ3n) is 3.97. The highest BCUT2D eigenvalue weighted by molar-refractivity contribution is 6.05. The van der Waals surface area contributed by atoms with E-state index in [-0.39, 0.29) is 11.1 Å². The zero-order valence-corrected chi connectivity index (χ0v) is 13.8. The minimum atomic E-state index is -0.428. The Morgan fingerprint density at radius 2 is 1.79 bits per heavy atom. The SMILES string of the molecule is COc1ccc(NC(=O)c2cc3ccc(C)cc3n(C)c2=O)cc1. The standard InChI is InChI=1S/C19H18N2O3/c1-12-4-5-13-11-16(19(23)21(2)17(13)10-12)18(22)20-14-6-8-15(24-3)9-7-14/h4-11H,1-3H3,(H,20,22). The van der Waals surface area contributed by atoms with Crippen molar-refractivity contribution in [2.45, 2.75) is 6.92 Å². The maximum atomic E-state index is 12.5. The molecule has 5 nitrogen and oxygen atoms in total. The van der Waals surface area contributed by atoms with Crippen LogP contribution in [0.2, 0.25) is 0 Å². The third-order valence-corrected chi connectivity index (χ3v) is 3.97. The second-order valence-electron chi connectivity index (χ2n) is 5.67. The second-order valence-corrected chi connectivity index (χ2v) is 5.67. The maximum Gasteiger partial charge on any atom is 0.263 e. The monoisotopic (exact) mass is 322 g/mol. The first kappa shape index (κ1) is 15.8. The summed E-state index contributed by atoms with van der Waals surface area (Å²) in [5.41, 5.74) is 2.27. The molecular weight excluding hydrogens is 304 g/mol. The van der Waals surface area contributed by atoms with Gasteiger partial charge in [-0.15, -0.1) is 0 Å². The van der Waals surface area contributed by atoms with Gasteiger partial charge in [0.05, 0.1) is 12.6 Å². The Kier molecular flexibility index (Phi) is 4.08. The average molecular weight is 322 g/mol. The normalized spacial score (nSPS) is 10.6. The van der Waals surface area contributed by atoms with Crippen LogP contribution in [0.1, 0.15) is 15.9 Å². The van der Waals surface area contributed by atoms with E-state index in [9.17, 15) is 9.59 Å². The lowest BCUT2D eigenvalue weighted by atomic mass is 10.1. The topological polar surface area (TPSA) is 60.3 Å². The first-order valence-corrected chi connectivity index (χ1v) is 7.55. The van der Waals surface area contributed by atoms with Crippen molar-refractivity contribution in [2.75, 3.05) is 12.4 Å². The number of amides is 1. The van der Waals surface area contributed by atoms with Crippen LogP contribution in [-0.2, 0) is 7.05 Å². The molecule has 3 rings (SSSR count). The van der Waals surface area contributed by atoms with Crippen molar-refractivity contribution in [1.82, 2.24) is 4.57 Å². The van der Waals surface area contributed by atoms with E-state index in [1.165, 1.54) is 4.57 Å². The molecule has 0 radical (unpaired) electrons. The van der Waals surface area contributed by atoms with Crippen LogP contribution in [0.15, 0.2) is 53.3 Å². The lowest BCUT2D eigenvalue weighted by Gasteiger charge is -2.10. The molecule has 0 atom stereocenters. The van der Waals surface area contributed by atoms with Gasteiger partial charge < -0.3 is 14.6 Å². The van der Waals surface area contributed by atoms with Gasteiger partial charge in [0.25, 0.3) is 11.5 Å². The number of benzene rings is 2. The van der Waals surface area contributed by atoms with Gasteiger partial charge in [-0.3, -0.25) is 9.59 Å². The molecule has 0 saturated heterocycles. The summed E-state index contributed by atoms with van der Waals surface area (Å²) in [6.07, 6.45) is 0. The van der Waals surface area contributed by atoms with Crippen molar-refractivity contribution in [3.8, 4) is 5.75 Å². The van der Waals surface area contributed by atoms with E-state index >= 15 is 0 Å². The molecule has 5 heteroatoms. The third kappa shape index (κ3) is 2.88. The van der Waals surface area contributed by atoms with Gasteiger partial charge in [-0.25, -0.2) is 0 Å². The summed E-state index contributed by atoms with van der Waals surface area (Å²) in [5, 5.41) is 3.60. The molecule has 1 amide bonds. The Bertz CT molecular complexity index is 972. The Morgan fingerprint density at radius 1 is 1.08 bits per heavy atom. The van der Waals surface area contributed by atoms with Crippen LogP contribution in [0, 0.1) is 6.92 Å². The molecule has 1 N–H and O–H groups in total. The summed E-state index contributed by atoms with van der Waals surface area (Å²) in [6.45, 7) is 1.97. The number of aromatic nitrogens is 1. The summed E-state index contributed by atoms with van der Waals surface area (Å²) < 4.78 is 6.59. The van der Waals surface area contributed by atoms with Crippen LogP contribution in [0.3, 0.4) is 0 Å². The minimum Gasteiger partial charge on any atom is -0.497 e. The quantitative estimate of drug-likeness (QED) is 0.806. The summed E-state index contributed by atoms with van der Waals surface area (Å²) in [7, 11) is 3.25. The molecule has 0 fully saturated rings. The summed E-state index contributed by atoms with van der Waals surface area (Å²) in [5.74, 6) is 0.272. The molecule has 2 aromatic carbocycles. The van der Waals surface area contributed by atoms with Crippen LogP contribution in [0.4, 0.5) is 5.69 Å². The van der Waals surface area contributed by atoms with Gasteiger partial charge in [-0.05, 0) is 54.3 Å². The van der Waals surface area contributed by atoms with Crippen molar-refractivity contribution in [1.29, 1.82) is 0 Å². The van der Waals surface area contributed by atoms with Crippen molar-refractivity contribution >= 4 is 22.5 Å². The number of carbonyl (C=O) groups is 1. The van der Waals surface area contributed by atoms with E-state index < -0.39 is 5.91 Å². The minimum absolute atomic E-state index is 0.115. The molecule has 0 aliphatic rings. The Morgan fingerprint density at radius 3 is 2.46 bits per heavy atom. The fourth-order valence-corrected chi connectivity index (χ4v) is 2.61. The Hall–Kier alpha value is -3.08. The number of hydrogen-bond donors (Lipinski definition) is 1. The lowest BCUT2D eigenvalue weighted by molar-refractivity contribution is 0.102. The van der Waals surface area contributed by atoms with Crippen molar-refractivity contribution in [3.05, 3.63) is 70.0 Å². The van der Waals surface area contributed by atoms with E-state index in [1.807, 2.05) is 25.1 Å². The highest BCUT2D eigenvalue weighted by atomic mass is 16.5. The second kappa shape index (κ2) is 6.20. The molecule has 0 spiro atoms. The maximum absolute atomic E-state index is 12.5. The summed E-state index contributed by atoms with van der Waals surface area (Å²) in [4.78, 5) is 25.0. The zero-order valence-electron chi connectivity index (χ0n) is 13.8. The molecule has 1 aromatic heterocycles. The number of anilines is 1. The number of hydrogen-bond acceptors (Lipinski definition) is 3. The molecule has 122 valence electrons. The van der Waals surface area contributed by atoms with Crippen molar-refractivity contribution in [3.63, 3.8) is 0 Å². The highest BCUT2D eigenvalue weighted by Crippen LogP contribution is 2.18. The zero-order chi connectivity index (χ0) is 17.3. The predicted molar refractivity (Wildman–Crippen MR) is 94.9 cm³/mol. The molecule has 0 unspecified atom stereocenters. The highest BCUT2D eigenvalue weighted by Gasteiger charge is 2.14. The van der Waals surface area contributed by atoms with Gasteiger partial charge in [0, 0.05) is 12.7 Å². The number of rotatable bonds is 3. The van der Waals surface area contributed by atoms with E-state index in [1.54, 1.807) is 44.5 Å². The molecule has 0 aliphatic carbocycles. The van der Waals surface area contributed by atoms with Crippen LogP contribution in [0.5, 0.6) is 5.75 Å². The number of nitrogens with one attached hydrogen (secondary N) is 1. The number of methoxy groups -OCH3 is 1. The molecule has 3 aromatic rings. The first-order chi connectivity index (χ1) is 11.5. The van der Waals surface area contributed by atoms with E-state index in [0.717, 1.165) is 16.5 Å². The van der Waals surface area contributed by atoms with Crippen LogP contribution in [-0.4, -0.2) is 17.6 Å². The number of pyridine rings is 1. The average Bonchev–Trinajstić information content (AvgIpc) is 2.59. The molecule has 1 heterocycles. The number of nitrogens with zero attached hydrogens (tertiary/aromatic N) is 1. The van der Waals surface area contributed by atoms with Gasteiger partial charge in [-0.2, -0.15) is 0 Å². The Labute approximate surface area is 139 Å². The molecular formula is C19H18N2O3. The van der Waals surface area contributed by atoms with Gasteiger partial charge in [-0.1, -0.05) is 12.1 Å². The van der Waals surface area contributed by atoms with Gasteiger partial charge in [0.1, 0.15) is 11.3 Å². The van der Waals surface area contributed by atoms with Gasteiger partial charge in [0.2, 0.25) is 0 Å². The number of carbonyl (C=O) groups excluding carboxylic acids is 1. The molecule has 0 bridgehead atoms. The molecule has 0 saturated carbocycles. The van der Waals surface area contributed by atoms with E-state index in [4.69, 9.17) is 4.74 Å². The number of aryl methyl sites for hydroxylation is 2. The van der Waals surface area contributed by atoms with Gasteiger partial charge in [0.15, 0.2) is 0 Å². The van der Waals surface area contributed by atoms with Crippen molar-refractivity contribution in [2.24, 2.45) is 7.05 Å². The molecule has 24 heavy (non-hydrogen) atoms. The first-order valence-electron chi connectivity index (χ1n) is 7.55. The van der Waals surface area contributed by atoms with Crippen LogP contribution >= 0.6 is 0 Å². The van der Waals surface area contributed by atoms with Crippen molar-refractivity contribution < 1.29 is 9.53 Å². The van der Waals surface area contributed by atoms with Gasteiger partial charge >= 0.3 is 0 Å². The van der Waals surface area contributed by atoms with E-state index in [2.05, 4.69) is 5.32 Å². The molecule has 0 aliphatic heterocycles. The fraction of sp³-hybridized carbons (Fsp3) is 0.158. The Balaban J connectivity index is 1.98. The van der Waals surface area contributed by atoms with E-state index in [0.29, 0.717) is 11.4 Å².